The zero-order valence-electron chi connectivity index (χ0n) is 15.0. The zero-order chi connectivity index (χ0) is 20.4. The molecule has 0 unspecified atom stereocenters. The number of hydrogen-bond acceptors (Lipinski definition) is 8. The van der Waals surface area contributed by atoms with Crippen LogP contribution < -0.4 is 0 Å². The van der Waals surface area contributed by atoms with Crippen molar-refractivity contribution in [2.75, 3.05) is 0 Å². The van der Waals surface area contributed by atoms with E-state index >= 15 is 0 Å². The first-order valence-electron chi connectivity index (χ1n) is 8.37. The van der Waals surface area contributed by atoms with Crippen molar-refractivity contribution in [1.82, 2.24) is 24.9 Å². The maximum Gasteiger partial charge on any atom is 0.269 e. The van der Waals surface area contributed by atoms with Crippen LogP contribution in [-0.4, -0.2) is 29.8 Å². The van der Waals surface area contributed by atoms with E-state index in [1.807, 2.05) is 23.7 Å². The topological polar surface area (TPSA) is 113 Å². The molecule has 146 valence electrons. The minimum absolute atomic E-state index is 0.00629. The van der Waals surface area contributed by atoms with Gasteiger partial charge >= 0.3 is 0 Å². The number of rotatable bonds is 6. The highest BCUT2D eigenvalue weighted by Gasteiger charge is 2.15. The second kappa shape index (κ2) is 8.02. The molecule has 0 aliphatic carbocycles. The molecule has 0 fully saturated rings. The summed E-state index contributed by atoms with van der Waals surface area (Å²) in [6.07, 6.45) is 0. The van der Waals surface area contributed by atoms with Crippen LogP contribution >= 0.6 is 23.4 Å². The lowest BCUT2D eigenvalue weighted by molar-refractivity contribution is -0.384. The number of nitro benzene ring substituents is 1. The van der Waals surface area contributed by atoms with Gasteiger partial charge in [0.2, 0.25) is 11.7 Å². The van der Waals surface area contributed by atoms with Crippen LogP contribution in [0.4, 0.5) is 5.69 Å². The average Bonchev–Trinajstić information content (AvgIpc) is 3.34. The number of non-ortho nitro benzene ring substituents is 1. The molecule has 2 heterocycles. The fraction of sp³-hybridized carbons (Fsp3) is 0.111. The molecule has 4 aromatic rings. The van der Waals surface area contributed by atoms with E-state index in [1.54, 1.807) is 24.3 Å². The summed E-state index contributed by atoms with van der Waals surface area (Å²) in [5, 5.41) is 24.5. The first kappa shape index (κ1) is 19.1. The number of aromatic nitrogens is 5. The van der Waals surface area contributed by atoms with Gasteiger partial charge in [0.1, 0.15) is 0 Å². The van der Waals surface area contributed by atoms with Crippen molar-refractivity contribution in [3.63, 3.8) is 0 Å². The second-order valence-corrected chi connectivity index (χ2v) is 7.36. The monoisotopic (exact) mass is 428 g/mol. The Morgan fingerprint density at radius 2 is 1.79 bits per heavy atom. The van der Waals surface area contributed by atoms with E-state index in [9.17, 15) is 10.1 Å². The maximum absolute atomic E-state index is 10.7. The summed E-state index contributed by atoms with van der Waals surface area (Å²) >= 11 is 7.34. The van der Waals surface area contributed by atoms with Crippen LogP contribution in [0.3, 0.4) is 0 Å². The molecule has 0 aliphatic heterocycles. The Hall–Kier alpha value is -3.24. The SMILES string of the molecule is Cn1c(SCc2nc(-c3ccc([N+](=O)[O-])cc3)no2)nnc1-c1ccc(Cl)cc1. The van der Waals surface area contributed by atoms with Crippen LogP contribution in [0.1, 0.15) is 5.89 Å². The summed E-state index contributed by atoms with van der Waals surface area (Å²) in [6.45, 7) is 0. The normalized spacial score (nSPS) is 11.0. The highest BCUT2D eigenvalue weighted by atomic mass is 35.5. The van der Waals surface area contributed by atoms with Crippen molar-refractivity contribution in [3.8, 4) is 22.8 Å². The van der Waals surface area contributed by atoms with E-state index in [-0.39, 0.29) is 5.69 Å². The highest BCUT2D eigenvalue weighted by Crippen LogP contribution is 2.27. The van der Waals surface area contributed by atoms with Crippen molar-refractivity contribution in [1.29, 1.82) is 0 Å². The quantitative estimate of drug-likeness (QED) is 0.252. The Balaban J connectivity index is 1.45. The van der Waals surface area contributed by atoms with Gasteiger partial charge in [0.05, 0.1) is 10.7 Å². The molecule has 0 amide bonds. The van der Waals surface area contributed by atoms with E-state index in [2.05, 4.69) is 20.3 Å². The van der Waals surface area contributed by atoms with Gasteiger partial charge in [-0.2, -0.15) is 4.98 Å². The predicted molar refractivity (Wildman–Crippen MR) is 107 cm³/mol. The number of benzene rings is 2. The largest absolute Gasteiger partial charge is 0.338 e. The van der Waals surface area contributed by atoms with Gasteiger partial charge in [0.15, 0.2) is 11.0 Å². The fourth-order valence-corrected chi connectivity index (χ4v) is 3.45. The minimum atomic E-state index is -0.457. The molecule has 0 radical (unpaired) electrons. The summed E-state index contributed by atoms with van der Waals surface area (Å²) < 4.78 is 7.15. The van der Waals surface area contributed by atoms with E-state index < -0.39 is 4.92 Å². The van der Waals surface area contributed by atoms with Gasteiger partial charge < -0.3 is 9.09 Å². The van der Waals surface area contributed by atoms with E-state index in [0.29, 0.717) is 33.2 Å². The number of thioether (sulfide) groups is 1. The molecule has 2 aromatic carbocycles. The van der Waals surface area contributed by atoms with Crippen molar-refractivity contribution in [2.45, 2.75) is 10.9 Å². The summed E-state index contributed by atoms with van der Waals surface area (Å²) in [7, 11) is 1.88. The maximum atomic E-state index is 10.7. The smallest absolute Gasteiger partial charge is 0.269 e. The van der Waals surface area contributed by atoms with Gasteiger partial charge in [-0.25, -0.2) is 0 Å². The van der Waals surface area contributed by atoms with Crippen molar-refractivity contribution < 1.29 is 9.45 Å². The highest BCUT2D eigenvalue weighted by molar-refractivity contribution is 7.98. The van der Waals surface area contributed by atoms with Crippen LogP contribution in [0.25, 0.3) is 22.8 Å². The molecule has 11 heteroatoms. The van der Waals surface area contributed by atoms with Crippen LogP contribution in [0, 0.1) is 10.1 Å². The lowest BCUT2D eigenvalue weighted by atomic mass is 10.2. The fourth-order valence-electron chi connectivity index (χ4n) is 2.58. The van der Waals surface area contributed by atoms with Crippen LogP contribution in [0.5, 0.6) is 0 Å². The van der Waals surface area contributed by atoms with E-state index in [1.165, 1.54) is 23.9 Å². The van der Waals surface area contributed by atoms with Crippen molar-refractivity contribution in [2.24, 2.45) is 7.05 Å². The Morgan fingerprint density at radius 1 is 1.10 bits per heavy atom. The summed E-state index contributed by atoms with van der Waals surface area (Å²) in [6, 6.07) is 13.3. The number of nitrogens with zero attached hydrogens (tertiary/aromatic N) is 6. The first-order chi connectivity index (χ1) is 14.0. The van der Waals surface area contributed by atoms with E-state index in [4.69, 9.17) is 16.1 Å². The molecular weight excluding hydrogens is 416 g/mol. The summed E-state index contributed by atoms with van der Waals surface area (Å²) in [5.74, 6) is 1.92. The van der Waals surface area contributed by atoms with Crippen LogP contribution in [0.15, 0.2) is 58.2 Å². The molecule has 0 saturated carbocycles. The minimum Gasteiger partial charge on any atom is -0.338 e. The summed E-state index contributed by atoms with van der Waals surface area (Å²) in [4.78, 5) is 14.6. The Morgan fingerprint density at radius 3 is 2.48 bits per heavy atom. The van der Waals surface area contributed by atoms with Gasteiger partial charge in [-0.1, -0.05) is 28.5 Å². The number of halogens is 1. The Kier molecular flexibility index (Phi) is 5.28. The first-order valence-corrected chi connectivity index (χ1v) is 9.73. The van der Waals surface area contributed by atoms with Gasteiger partial charge in [-0.05, 0) is 36.4 Å². The molecule has 29 heavy (non-hydrogen) atoms. The van der Waals surface area contributed by atoms with Gasteiger partial charge in [0.25, 0.3) is 5.69 Å². The third-order valence-electron chi connectivity index (χ3n) is 4.07. The second-order valence-electron chi connectivity index (χ2n) is 5.98. The standard InChI is InChI=1S/C18H13ClN6O3S/c1-24-17(12-2-6-13(19)7-3-12)21-22-18(24)29-10-15-20-16(23-28-15)11-4-8-14(9-5-11)25(26)27/h2-9H,10H2,1H3. The number of hydrogen-bond donors (Lipinski definition) is 0. The van der Waals surface area contributed by atoms with Crippen LogP contribution in [-0.2, 0) is 12.8 Å². The van der Waals surface area contributed by atoms with Crippen molar-refractivity contribution >= 4 is 29.1 Å². The molecule has 2 aromatic heterocycles. The predicted octanol–water partition coefficient (Wildman–Crippen LogP) is 4.39. The lowest BCUT2D eigenvalue weighted by Gasteiger charge is -2.03. The Labute approximate surface area is 173 Å². The molecule has 0 aliphatic rings. The van der Waals surface area contributed by atoms with E-state index in [0.717, 1.165) is 11.4 Å². The molecule has 0 atom stereocenters. The van der Waals surface area contributed by atoms with Gasteiger partial charge in [-0.15, -0.1) is 10.2 Å². The molecular formula is C18H13ClN6O3S. The summed E-state index contributed by atoms with van der Waals surface area (Å²) in [5.41, 5.74) is 1.56. The number of nitro groups is 1. The van der Waals surface area contributed by atoms with Crippen molar-refractivity contribution in [3.05, 3.63) is 69.6 Å². The molecule has 0 spiro atoms. The molecule has 0 saturated heterocycles. The van der Waals surface area contributed by atoms with Gasteiger partial charge in [0, 0.05) is 35.3 Å². The molecule has 0 bridgehead atoms. The third kappa shape index (κ3) is 4.13. The third-order valence-corrected chi connectivity index (χ3v) is 5.32. The zero-order valence-corrected chi connectivity index (χ0v) is 16.6. The lowest BCUT2D eigenvalue weighted by Crippen LogP contribution is -1.95. The Bertz CT molecular complexity index is 1160. The van der Waals surface area contributed by atoms with Crippen LogP contribution in [0.2, 0.25) is 5.02 Å². The molecule has 9 nitrogen and oxygen atoms in total. The van der Waals surface area contributed by atoms with Gasteiger partial charge in [-0.3, -0.25) is 10.1 Å². The average molecular weight is 429 g/mol. The molecule has 0 N–H and O–H groups in total. The molecule has 4 rings (SSSR count).